The van der Waals surface area contributed by atoms with Crippen LogP contribution in [-0.2, 0) is 16.6 Å². The number of hydrogen-bond donors (Lipinski definition) is 1. The van der Waals surface area contributed by atoms with E-state index in [2.05, 4.69) is 6.92 Å². The van der Waals surface area contributed by atoms with Gasteiger partial charge in [-0.05, 0) is 48.9 Å². The molecule has 0 atom stereocenters. The molecule has 20 heavy (non-hydrogen) atoms. The van der Waals surface area contributed by atoms with Crippen molar-refractivity contribution in [3.8, 4) is 0 Å². The lowest BCUT2D eigenvalue weighted by molar-refractivity contribution is 0.269. The molecule has 0 spiro atoms. The van der Waals surface area contributed by atoms with Crippen LogP contribution in [0.15, 0.2) is 23.1 Å². The second-order valence-corrected chi connectivity index (χ2v) is 7.49. The lowest BCUT2D eigenvalue weighted by atomic mass is 9.96. The third-order valence-corrected chi connectivity index (χ3v) is 6.22. The summed E-state index contributed by atoms with van der Waals surface area (Å²) in [5.41, 5.74) is 7.60. The smallest absolute Gasteiger partial charge is 0.243 e. The molecular weight excluding hydrogens is 272 g/mol. The predicted molar refractivity (Wildman–Crippen MR) is 80.8 cm³/mol. The average Bonchev–Trinajstić information content (AvgIpc) is 2.47. The lowest BCUT2D eigenvalue weighted by Crippen LogP contribution is -2.38. The topological polar surface area (TPSA) is 63.4 Å². The Morgan fingerprint density at radius 1 is 1.30 bits per heavy atom. The van der Waals surface area contributed by atoms with Crippen molar-refractivity contribution >= 4 is 10.0 Å². The van der Waals surface area contributed by atoms with Gasteiger partial charge in [-0.3, -0.25) is 0 Å². The Hall–Kier alpha value is -0.910. The number of piperidine rings is 1. The molecule has 4 nitrogen and oxygen atoms in total. The second kappa shape index (κ2) is 6.24. The summed E-state index contributed by atoms with van der Waals surface area (Å²) in [5.74, 6) is 0.666. The van der Waals surface area contributed by atoms with Crippen molar-refractivity contribution in [2.24, 2.45) is 11.7 Å². The van der Waals surface area contributed by atoms with Gasteiger partial charge in [0, 0.05) is 19.6 Å². The number of nitrogens with zero attached hydrogens (tertiary/aromatic N) is 1. The van der Waals surface area contributed by atoms with Crippen molar-refractivity contribution < 1.29 is 8.42 Å². The molecule has 0 bridgehead atoms. The number of rotatable bonds is 4. The minimum absolute atomic E-state index is 0.368. The molecule has 0 aromatic heterocycles. The number of benzene rings is 1. The number of sulfonamides is 1. The molecule has 5 heteroatoms. The highest BCUT2D eigenvalue weighted by Gasteiger charge is 2.28. The van der Waals surface area contributed by atoms with Gasteiger partial charge in [0.25, 0.3) is 0 Å². The molecule has 0 aliphatic carbocycles. The van der Waals surface area contributed by atoms with Crippen molar-refractivity contribution in [3.05, 3.63) is 29.3 Å². The van der Waals surface area contributed by atoms with Crippen molar-refractivity contribution in [1.82, 2.24) is 4.31 Å². The fraction of sp³-hybridized carbons (Fsp3) is 0.600. The van der Waals surface area contributed by atoms with Crippen molar-refractivity contribution in [3.63, 3.8) is 0 Å². The normalized spacial score (nSPS) is 18.4. The first-order valence-corrected chi connectivity index (χ1v) is 8.72. The Bertz CT molecular complexity index is 561. The largest absolute Gasteiger partial charge is 0.326 e. The summed E-state index contributed by atoms with van der Waals surface area (Å²) in [7, 11) is -3.37. The molecule has 112 valence electrons. The second-order valence-electron chi connectivity index (χ2n) is 5.55. The van der Waals surface area contributed by atoms with Crippen LogP contribution in [0.3, 0.4) is 0 Å². The Kier molecular flexibility index (Phi) is 4.83. The molecule has 1 heterocycles. The summed E-state index contributed by atoms with van der Waals surface area (Å²) in [6.07, 6.45) is 3.06. The van der Waals surface area contributed by atoms with Gasteiger partial charge in [-0.2, -0.15) is 4.31 Å². The Labute approximate surface area is 122 Å². The van der Waals surface area contributed by atoms with Gasteiger partial charge in [-0.1, -0.05) is 19.4 Å². The molecule has 0 saturated carbocycles. The molecule has 1 fully saturated rings. The third kappa shape index (κ3) is 3.05. The molecule has 0 radical (unpaired) electrons. The minimum Gasteiger partial charge on any atom is -0.326 e. The Morgan fingerprint density at radius 2 is 1.95 bits per heavy atom. The van der Waals surface area contributed by atoms with Gasteiger partial charge in [0.1, 0.15) is 0 Å². The third-order valence-electron chi connectivity index (χ3n) is 4.33. The Morgan fingerprint density at radius 3 is 2.50 bits per heavy atom. The molecule has 0 amide bonds. The van der Waals surface area contributed by atoms with E-state index in [1.165, 1.54) is 0 Å². The van der Waals surface area contributed by atoms with Crippen LogP contribution in [0.4, 0.5) is 0 Å². The van der Waals surface area contributed by atoms with E-state index in [4.69, 9.17) is 5.73 Å². The maximum Gasteiger partial charge on any atom is 0.243 e. The highest BCUT2D eigenvalue weighted by molar-refractivity contribution is 7.89. The van der Waals surface area contributed by atoms with Gasteiger partial charge in [-0.15, -0.1) is 0 Å². The lowest BCUT2D eigenvalue weighted by Gasteiger charge is -2.30. The van der Waals surface area contributed by atoms with E-state index in [9.17, 15) is 8.42 Å². The van der Waals surface area contributed by atoms with Gasteiger partial charge >= 0.3 is 0 Å². The first kappa shape index (κ1) is 15.5. The van der Waals surface area contributed by atoms with Crippen molar-refractivity contribution in [2.45, 2.75) is 44.6 Å². The summed E-state index contributed by atoms with van der Waals surface area (Å²) < 4.78 is 26.9. The van der Waals surface area contributed by atoms with E-state index < -0.39 is 10.0 Å². The van der Waals surface area contributed by atoms with Gasteiger partial charge < -0.3 is 5.73 Å². The zero-order valence-corrected chi connectivity index (χ0v) is 13.1. The number of aryl methyl sites for hydroxylation is 1. The standard InChI is InChI=1S/C15H24N2O2S/c1-3-13-6-8-17(9-7-13)20(18,19)15-5-4-12(2)14(10-15)11-16/h4-5,10,13H,3,6-9,11,16H2,1-2H3. The van der Waals surface area contributed by atoms with Crippen LogP contribution < -0.4 is 5.73 Å². The van der Waals surface area contributed by atoms with Crippen LogP contribution in [0.1, 0.15) is 37.3 Å². The molecular formula is C15H24N2O2S. The first-order chi connectivity index (χ1) is 9.48. The highest BCUT2D eigenvalue weighted by atomic mass is 32.2. The number of hydrogen-bond acceptors (Lipinski definition) is 3. The maximum atomic E-state index is 12.6. The zero-order valence-electron chi connectivity index (χ0n) is 12.3. The van der Waals surface area contributed by atoms with Crippen LogP contribution >= 0.6 is 0 Å². The van der Waals surface area contributed by atoms with E-state index in [1.807, 2.05) is 13.0 Å². The van der Waals surface area contributed by atoms with Crippen LogP contribution in [0.5, 0.6) is 0 Å². The van der Waals surface area contributed by atoms with Crippen LogP contribution in [0.2, 0.25) is 0 Å². The monoisotopic (exact) mass is 296 g/mol. The molecule has 1 aromatic carbocycles. The molecule has 1 aliphatic heterocycles. The van der Waals surface area contributed by atoms with Crippen molar-refractivity contribution in [1.29, 1.82) is 0 Å². The number of nitrogens with two attached hydrogens (primary N) is 1. The van der Waals surface area contributed by atoms with Gasteiger partial charge in [0.2, 0.25) is 10.0 Å². The SMILES string of the molecule is CCC1CCN(S(=O)(=O)c2ccc(C)c(CN)c2)CC1. The minimum atomic E-state index is -3.37. The maximum absolute atomic E-state index is 12.6. The quantitative estimate of drug-likeness (QED) is 0.927. The predicted octanol–water partition coefficient (Wildman–Crippen LogP) is 2.26. The van der Waals surface area contributed by atoms with Gasteiger partial charge in [0.05, 0.1) is 4.90 Å². The molecule has 2 N–H and O–H groups in total. The molecule has 1 aromatic rings. The highest BCUT2D eigenvalue weighted by Crippen LogP contribution is 2.26. The van der Waals surface area contributed by atoms with Crippen LogP contribution in [0.25, 0.3) is 0 Å². The van der Waals surface area contributed by atoms with Crippen LogP contribution in [-0.4, -0.2) is 25.8 Å². The van der Waals surface area contributed by atoms with E-state index in [1.54, 1.807) is 16.4 Å². The van der Waals surface area contributed by atoms with Gasteiger partial charge in [-0.25, -0.2) is 8.42 Å². The average molecular weight is 296 g/mol. The molecule has 2 rings (SSSR count). The van der Waals surface area contributed by atoms with E-state index in [-0.39, 0.29) is 0 Å². The fourth-order valence-electron chi connectivity index (χ4n) is 2.74. The van der Waals surface area contributed by atoms with E-state index in [0.717, 1.165) is 30.4 Å². The summed E-state index contributed by atoms with van der Waals surface area (Å²) in [6, 6.07) is 5.25. The molecule has 1 saturated heterocycles. The molecule has 0 unspecified atom stereocenters. The van der Waals surface area contributed by atoms with Crippen molar-refractivity contribution in [2.75, 3.05) is 13.1 Å². The summed E-state index contributed by atoms with van der Waals surface area (Å²) in [5, 5.41) is 0. The fourth-order valence-corrected chi connectivity index (χ4v) is 4.26. The van der Waals surface area contributed by atoms with Gasteiger partial charge in [0.15, 0.2) is 0 Å². The summed E-state index contributed by atoms with van der Waals surface area (Å²) in [6.45, 7) is 5.75. The Balaban J connectivity index is 2.22. The summed E-state index contributed by atoms with van der Waals surface area (Å²) >= 11 is 0. The zero-order chi connectivity index (χ0) is 14.8. The van der Waals surface area contributed by atoms with Crippen LogP contribution in [0, 0.1) is 12.8 Å². The molecule has 1 aliphatic rings. The van der Waals surface area contributed by atoms with E-state index in [0.29, 0.717) is 30.4 Å². The van der Waals surface area contributed by atoms with E-state index >= 15 is 0 Å². The first-order valence-electron chi connectivity index (χ1n) is 7.28. The summed E-state index contributed by atoms with van der Waals surface area (Å²) in [4.78, 5) is 0.374.